The molecule has 0 N–H and O–H groups in total. The first-order valence-corrected chi connectivity index (χ1v) is 21.1. The van der Waals surface area contributed by atoms with Gasteiger partial charge in [-0.2, -0.15) is 0 Å². The molecule has 0 aliphatic heterocycles. The molecular formula is C57H44N4O. The Hall–Kier alpha value is -7.94. The van der Waals surface area contributed by atoms with Crippen molar-refractivity contribution in [1.82, 2.24) is 4.57 Å². The molecule has 1 unspecified atom stereocenters. The second kappa shape index (κ2) is 16.3. The van der Waals surface area contributed by atoms with E-state index in [-0.39, 0.29) is 0 Å². The number of fused-ring (bicyclic) bond motifs is 6. The van der Waals surface area contributed by atoms with E-state index >= 15 is 0 Å². The van der Waals surface area contributed by atoms with Gasteiger partial charge in [0.15, 0.2) is 5.84 Å². The largest absolute Gasteiger partial charge is 0.456 e. The summed E-state index contributed by atoms with van der Waals surface area (Å²) in [7, 11) is 0. The quantitative estimate of drug-likeness (QED) is 0.0829. The molecule has 0 bridgehead atoms. The van der Waals surface area contributed by atoms with Crippen LogP contribution in [0.1, 0.15) is 47.7 Å². The van der Waals surface area contributed by atoms with Crippen LogP contribution in [0.4, 0.5) is 17.1 Å². The number of rotatable bonds is 9. The Morgan fingerprint density at radius 2 is 1.34 bits per heavy atom. The second-order valence-corrected chi connectivity index (χ2v) is 15.7. The van der Waals surface area contributed by atoms with Crippen molar-refractivity contribution in [2.45, 2.75) is 33.2 Å². The molecule has 0 radical (unpaired) electrons. The zero-order chi connectivity index (χ0) is 42.2. The average Bonchev–Trinajstić information content (AvgIpc) is 3.85. The Kier molecular flexibility index (Phi) is 10.0. The molecule has 0 fully saturated rings. The predicted molar refractivity (Wildman–Crippen MR) is 260 cm³/mol. The number of aromatic nitrogens is 1. The molecule has 2 aromatic heterocycles. The van der Waals surface area contributed by atoms with Crippen LogP contribution in [-0.4, -0.2) is 16.1 Å². The van der Waals surface area contributed by atoms with Crippen LogP contribution in [0, 0.1) is 19.3 Å². The Labute approximate surface area is 361 Å². The number of furan rings is 1. The number of amidine groups is 1. The lowest BCUT2D eigenvalue weighted by molar-refractivity contribution is 0.669. The van der Waals surface area contributed by atoms with Gasteiger partial charge in [0, 0.05) is 61.6 Å². The summed E-state index contributed by atoms with van der Waals surface area (Å²) < 4.78 is 8.87. The fraction of sp³-hybridized carbons (Fsp3) is 0.0877. The molecule has 0 aliphatic rings. The minimum atomic E-state index is -0.486. The van der Waals surface area contributed by atoms with E-state index in [9.17, 15) is 0 Å². The summed E-state index contributed by atoms with van der Waals surface area (Å²) in [5, 5.41) is 4.50. The summed E-state index contributed by atoms with van der Waals surface area (Å²) in [4.78, 5) is 12.6. The van der Waals surface area contributed by atoms with E-state index in [1.165, 1.54) is 11.1 Å². The van der Waals surface area contributed by atoms with Crippen molar-refractivity contribution in [3.8, 4) is 18.0 Å². The molecule has 8 aromatic carbocycles. The fourth-order valence-electron chi connectivity index (χ4n) is 8.65. The third-order valence-electron chi connectivity index (χ3n) is 11.8. The summed E-state index contributed by atoms with van der Waals surface area (Å²) in [6, 6.07) is 65.2. The van der Waals surface area contributed by atoms with Crippen LogP contribution in [0.2, 0.25) is 0 Å². The summed E-state index contributed by atoms with van der Waals surface area (Å²) in [5.74, 6) is 3.47. The van der Waals surface area contributed by atoms with Crippen LogP contribution >= 0.6 is 0 Å². The highest BCUT2D eigenvalue weighted by atomic mass is 16.3. The predicted octanol–water partition coefficient (Wildman–Crippen LogP) is 14.7. The third-order valence-corrected chi connectivity index (χ3v) is 11.8. The highest BCUT2D eigenvalue weighted by Crippen LogP contribution is 2.43. The number of aryl methyl sites for hydroxylation is 2. The molecule has 1 atom stereocenters. The van der Waals surface area contributed by atoms with Crippen molar-refractivity contribution in [2.75, 3.05) is 4.90 Å². The van der Waals surface area contributed by atoms with Crippen molar-refractivity contribution >= 4 is 72.4 Å². The minimum Gasteiger partial charge on any atom is -0.456 e. The van der Waals surface area contributed by atoms with Crippen LogP contribution in [0.5, 0.6) is 0 Å². The number of benzene rings is 8. The van der Waals surface area contributed by atoms with Gasteiger partial charge in [0.1, 0.15) is 17.2 Å². The first-order valence-electron chi connectivity index (χ1n) is 21.1. The van der Waals surface area contributed by atoms with E-state index in [0.717, 1.165) is 95.3 Å². The zero-order valence-electron chi connectivity index (χ0n) is 35.0. The van der Waals surface area contributed by atoms with Crippen molar-refractivity contribution < 1.29 is 4.42 Å². The van der Waals surface area contributed by atoms with Crippen LogP contribution in [0.25, 0.3) is 49.4 Å². The van der Waals surface area contributed by atoms with E-state index in [1.807, 2.05) is 79.7 Å². The highest BCUT2D eigenvalue weighted by molar-refractivity contribution is 6.18. The van der Waals surface area contributed by atoms with Gasteiger partial charge in [0.25, 0.3) is 0 Å². The molecule has 0 amide bonds. The first-order chi connectivity index (χ1) is 30.5. The molecule has 10 rings (SSSR count). The first kappa shape index (κ1) is 38.3. The van der Waals surface area contributed by atoms with Crippen molar-refractivity contribution in [3.05, 3.63) is 216 Å². The lowest BCUT2D eigenvalue weighted by Gasteiger charge is -2.27. The maximum atomic E-state index is 6.51. The number of anilines is 3. The third kappa shape index (κ3) is 7.02. The van der Waals surface area contributed by atoms with Crippen LogP contribution in [-0.2, 0) is 6.42 Å². The van der Waals surface area contributed by atoms with Crippen LogP contribution in [0.15, 0.2) is 202 Å². The Morgan fingerprint density at radius 3 is 2.10 bits per heavy atom. The SMILES string of the molecule is C#CC(N=C(N=C(C)c1cccc(-n2c3cc(N(c4ccccc4)c4ccc(CC)cc4C)ccc3c3cc4c(cc32)oc2ccccc24)c1)c1ccccc1)c1ccccc1. The smallest absolute Gasteiger partial charge is 0.156 e. The average molecular weight is 801 g/mol. The number of para-hydroxylation sites is 2. The number of aliphatic imine (C=N–C) groups is 2. The monoisotopic (exact) mass is 800 g/mol. The lowest BCUT2D eigenvalue weighted by Crippen LogP contribution is -2.11. The molecule has 5 nitrogen and oxygen atoms in total. The second-order valence-electron chi connectivity index (χ2n) is 15.7. The number of nitrogens with zero attached hydrogens (tertiary/aromatic N) is 4. The van der Waals surface area contributed by atoms with Gasteiger partial charge in [-0.05, 0) is 97.1 Å². The topological polar surface area (TPSA) is 46.0 Å². The highest BCUT2D eigenvalue weighted by Gasteiger charge is 2.21. The van der Waals surface area contributed by atoms with E-state index < -0.39 is 6.04 Å². The Balaban J connectivity index is 1.18. The Morgan fingerprint density at radius 1 is 0.629 bits per heavy atom. The molecular weight excluding hydrogens is 757 g/mol. The van der Waals surface area contributed by atoms with Crippen molar-refractivity contribution in [2.24, 2.45) is 9.98 Å². The van der Waals surface area contributed by atoms with Crippen molar-refractivity contribution in [1.29, 1.82) is 0 Å². The molecule has 2 heterocycles. The molecule has 298 valence electrons. The number of hydrogen-bond donors (Lipinski definition) is 0. The van der Waals surface area contributed by atoms with E-state index in [1.54, 1.807) is 0 Å². The molecule has 62 heavy (non-hydrogen) atoms. The maximum absolute atomic E-state index is 6.51. The number of terminal acetylenes is 1. The summed E-state index contributed by atoms with van der Waals surface area (Å²) >= 11 is 0. The molecule has 10 aromatic rings. The number of hydrogen-bond acceptors (Lipinski definition) is 3. The van der Waals surface area contributed by atoms with Gasteiger partial charge in [-0.25, -0.2) is 9.98 Å². The molecule has 0 aliphatic carbocycles. The van der Waals surface area contributed by atoms with Crippen molar-refractivity contribution in [3.63, 3.8) is 0 Å². The van der Waals surface area contributed by atoms with Gasteiger partial charge < -0.3 is 13.9 Å². The van der Waals surface area contributed by atoms with Gasteiger partial charge in [0.2, 0.25) is 0 Å². The molecule has 0 saturated carbocycles. The van der Waals surface area contributed by atoms with Crippen LogP contribution < -0.4 is 4.90 Å². The lowest BCUT2D eigenvalue weighted by atomic mass is 10.0. The molecule has 0 saturated heterocycles. The summed E-state index contributed by atoms with van der Waals surface area (Å²) in [6.45, 7) is 6.45. The van der Waals surface area contributed by atoms with Gasteiger partial charge in [-0.15, -0.1) is 6.42 Å². The Bertz CT molecular complexity index is 3370. The molecule has 5 heteroatoms. The van der Waals surface area contributed by atoms with Crippen LogP contribution in [0.3, 0.4) is 0 Å². The van der Waals surface area contributed by atoms with Gasteiger partial charge >= 0.3 is 0 Å². The van der Waals surface area contributed by atoms with E-state index in [0.29, 0.717) is 5.84 Å². The van der Waals surface area contributed by atoms with E-state index in [2.05, 4.69) is 144 Å². The normalized spacial score (nSPS) is 12.6. The fourth-order valence-corrected chi connectivity index (χ4v) is 8.65. The minimum absolute atomic E-state index is 0.486. The standard InChI is InChI=1S/C57H44N4O/c1-5-40-29-32-52(38(3)33-40)60(44-24-14-9-15-25-44)46-30-31-47-49-36-50-48-27-16-17-28-55(48)62-56(50)37-54(49)61(53(47)35-46)45-26-18-23-43(34-45)39(4)58-57(42-21-12-8-13-22-42)59-51(6-2)41-19-10-7-11-20-41/h2,7-37,51H,5H2,1,3-4H3. The summed E-state index contributed by atoms with van der Waals surface area (Å²) in [5.41, 5.74) is 14.3. The molecule has 0 spiro atoms. The van der Waals surface area contributed by atoms with Gasteiger partial charge in [-0.1, -0.05) is 140 Å². The van der Waals surface area contributed by atoms with Gasteiger partial charge in [0.05, 0.1) is 11.0 Å². The van der Waals surface area contributed by atoms with E-state index in [4.69, 9.17) is 20.8 Å². The zero-order valence-corrected chi connectivity index (χ0v) is 35.0. The maximum Gasteiger partial charge on any atom is 0.156 e. The summed E-state index contributed by atoms with van der Waals surface area (Å²) in [6.07, 6.45) is 7.08. The van der Waals surface area contributed by atoms with Gasteiger partial charge in [-0.3, -0.25) is 0 Å².